The quantitative estimate of drug-likeness (QED) is 0.784. The van der Waals surface area contributed by atoms with Crippen molar-refractivity contribution >= 4 is 17.9 Å². The first kappa shape index (κ1) is 16.8. The Hall–Kier alpha value is -2.25. The molecule has 1 aliphatic rings. The molecule has 0 saturated heterocycles. The second-order valence-electron chi connectivity index (χ2n) is 4.70. The van der Waals surface area contributed by atoms with Crippen molar-refractivity contribution in [3.05, 3.63) is 11.8 Å². The topological polar surface area (TPSA) is 83.5 Å². The van der Waals surface area contributed by atoms with Crippen LogP contribution in [0.25, 0.3) is 0 Å². The highest BCUT2D eigenvalue weighted by molar-refractivity contribution is 6.00. The Morgan fingerprint density at radius 2 is 1.86 bits per heavy atom. The van der Waals surface area contributed by atoms with Crippen LogP contribution in [0.4, 0.5) is 9.59 Å². The maximum absolute atomic E-state index is 11.7. The summed E-state index contributed by atoms with van der Waals surface area (Å²) in [5.41, 5.74) is 4.07. The van der Waals surface area contributed by atoms with Gasteiger partial charge in [-0.3, -0.25) is 0 Å². The number of allylic oxidation sites excluding steroid dienone is 1. The molecule has 118 valence electrons. The summed E-state index contributed by atoms with van der Waals surface area (Å²) in [5, 5.41) is 7.10. The van der Waals surface area contributed by atoms with Gasteiger partial charge in [0.25, 0.3) is 0 Å². The fourth-order valence-corrected chi connectivity index (χ4v) is 1.94. The van der Waals surface area contributed by atoms with Gasteiger partial charge in [0.2, 0.25) is 0 Å². The lowest BCUT2D eigenvalue weighted by molar-refractivity contribution is 0.109. The summed E-state index contributed by atoms with van der Waals surface area (Å²) in [5.74, 6) is 0. The first-order chi connectivity index (χ1) is 9.97. The zero-order valence-electron chi connectivity index (χ0n) is 12.9. The highest BCUT2D eigenvalue weighted by atomic mass is 16.6. The number of carbonyl (C=O) groups is 2. The van der Waals surface area contributed by atoms with Crippen LogP contribution in [0.15, 0.2) is 16.9 Å². The van der Waals surface area contributed by atoms with Gasteiger partial charge in [-0.15, -0.1) is 0 Å². The van der Waals surface area contributed by atoms with Crippen LogP contribution in [0.2, 0.25) is 0 Å². The number of carbonyl (C=O) groups excluding carboxylic acids is 2. The number of amides is 2. The van der Waals surface area contributed by atoms with E-state index in [2.05, 4.69) is 20.0 Å². The third kappa shape index (κ3) is 5.33. The van der Waals surface area contributed by atoms with E-state index < -0.39 is 12.2 Å². The number of ether oxygens (including phenoxy) is 2. The zero-order valence-corrected chi connectivity index (χ0v) is 12.9. The summed E-state index contributed by atoms with van der Waals surface area (Å²) in [6.07, 6.45) is 3.74. The number of nitrogens with zero attached hydrogens (tertiary/aromatic N) is 3. The van der Waals surface area contributed by atoms with Gasteiger partial charge in [-0.05, 0) is 31.3 Å². The Morgan fingerprint density at radius 1 is 1.19 bits per heavy atom. The fourth-order valence-electron chi connectivity index (χ4n) is 1.94. The Morgan fingerprint density at radius 3 is 2.43 bits per heavy atom. The molecule has 2 amide bonds. The van der Waals surface area contributed by atoms with Crippen LogP contribution >= 0.6 is 0 Å². The van der Waals surface area contributed by atoms with E-state index in [0.717, 1.165) is 42.0 Å². The molecule has 1 fully saturated rings. The number of hydrogen-bond donors (Lipinski definition) is 1. The highest BCUT2D eigenvalue weighted by Gasteiger charge is 2.20. The number of methoxy groups -OCH3 is 2. The number of hydrogen-bond acceptors (Lipinski definition) is 6. The molecule has 21 heavy (non-hydrogen) atoms. The van der Waals surface area contributed by atoms with Crippen LogP contribution in [0.5, 0.6) is 0 Å². The smallest absolute Gasteiger partial charge is 0.432 e. The molecule has 0 aromatic rings. The van der Waals surface area contributed by atoms with E-state index in [0.29, 0.717) is 0 Å². The van der Waals surface area contributed by atoms with Crippen molar-refractivity contribution in [1.29, 1.82) is 0 Å². The predicted octanol–water partition coefficient (Wildman–Crippen LogP) is 1.70. The van der Waals surface area contributed by atoms with Crippen LogP contribution in [0.3, 0.4) is 0 Å². The van der Waals surface area contributed by atoms with Gasteiger partial charge < -0.3 is 14.5 Å². The molecule has 1 aliphatic carbocycles. The summed E-state index contributed by atoms with van der Waals surface area (Å²) in [4.78, 5) is 23.0. The summed E-state index contributed by atoms with van der Waals surface area (Å²) in [6, 6.07) is 0. The highest BCUT2D eigenvalue weighted by Crippen LogP contribution is 2.22. The van der Waals surface area contributed by atoms with E-state index >= 15 is 0 Å². The third-order valence-corrected chi connectivity index (χ3v) is 2.85. The van der Waals surface area contributed by atoms with Crippen molar-refractivity contribution in [2.24, 2.45) is 5.10 Å². The van der Waals surface area contributed by atoms with Gasteiger partial charge >= 0.3 is 12.2 Å². The molecule has 1 N–H and O–H groups in total. The minimum atomic E-state index is -0.751. The number of hydrazone groups is 1. The molecule has 0 atom stereocenters. The Bertz CT molecular complexity index is 445. The lowest BCUT2D eigenvalue weighted by atomic mass is 9.93. The summed E-state index contributed by atoms with van der Waals surface area (Å²) < 4.78 is 9.13. The lowest BCUT2D eigenvalue weighted by Gasteiger charge is -2.22. The molecule has 0 heterocycles. The van der Waals surface area contributed by atoms with Crippen LogP contribution in [-0.4, -0.2) is 56.2 Å². The molecule has 8 heteroatoms. The Kier molecular flexibility index (Phi) is 6.51. The monoisotopic (exact) mass is 298 g/mol. The Labute approximate surface area is 124 Å². The average Bonchev–Trinajstić information content (AvgIpc) is 2.46. The van der Waals surface area contributed by atoms with Crippen molar-refractivity contribution < 1.29 is 19.1 Å². The van der Waals surface area contributed by atoms with Crippen LogP contribution in [0.1, 0.15) is 25.7 Å². The molecule has 0 aromatic heterocycles. The molecule has 8 nitrogen and oxygen atoms in total. The van der Waals surface area contributed by atoms with Crippen molar-refractivity contribution in [3.63, 3.8) is 0 Å². The van der Waals surface area contributed by atoms with Crippen molar-refractivity contribution in [2.45, 2.75) is 25.7 Å². The molecule has 1 rings (SSSR count). The van der Waals surface area contributed by atoms with E-state index in [4.69, 9.17) is 0 Å². The third-order valence-electron chi connectivity index (χ3n) is 2.85. The lowest BCUT2D eigenvalue weighted by Crippen LogP contribution is -2.43. The molecule has 0 radical (unpaired) electrons. The largest absolute Gasteiger partial charge is 0.452 e. The molecule has 0 unspecified atom stereocenters. The van der Waals surface area contributed by atoms with Gasteiger partial charge in [0.05, 0.1) is 19.9 Å². The summed E-state index contributed by atoms with van der Waals surface area (Å²) in [7, 11) is 6.13. The van der Waals surface area contributed by atoms with Gasteiger partial charge in [-0.2, -0.15) is 10.1 Å². The predicted molar refractivity (Wildman–Crippen MR) is 77.5 cm³/mol. The second-order valence-corrected chi connectivity index (χ2v) is 4.70. The maximum atomic E-state index is 11.7. The van der Waals surface area contributed by atoms with E-state index in [1.54, 1.807) is 5.01 Å². The van der Waals surface area contributed by atoms with Gasteiger partial charge in [0.15, 0.2) is 0 Å². The number of rotatable bonds is 2. The standard InChI is InChI=1S/C13H22N4O4/c1-16(2)14-11-8-6-5-7-10(11)9-17(13(19)21-4)15-12(18)20-3/h9H,5-8H2,1-4H3,(H,15,18)/b10-9+,14-11+. The van der Waals surface area contributed by atoms with E-state index in [1.165, 1.54) is 20.4 Å². The second kappa shape index (κ2) is 8.13. The molecule has 0 spiro atoms. The number of nitrogens with one attached hydrogen (secondary N) is 1. The van der Waals surface area contributed by atoms with Crippen LogP contribution < -0.4 is 5.43 Å². The number of hydrazine groups is 1. The normalized spacial score (nSPS) is 18.3. The summed E-state index contributed by atoms with van der Waals surface area (Å²) >= 11 is 0. The zero-order chi connectivity index (χ0) is 15.8. The average molecular weight is 298 g/mol. The van der Waals surface area contributed by atoms with Gasteiger partial charge in [-0.25, -0.2) is 15.0 Å². The minimum Gasteiger partial charge on any atom is -0.452 e. The van der Waals surface area contributed by atoms with Gasteiger partial charge in [-0.1, -0.05) is 0 Å². The molecule has 1 saturated carbocycles. The SMILES string of the molecule is COC(=O)NN(/C=C1\CCCC\C1=N/N(C)C)C(=O)OC. The molecular formula is C13H22N4O4. The minimum absolute atomic E-state index is 0.706. The molecular weight excluding hydrogens is 276 g/mol. The van der Waals surface area contributed by atoms with Gasteiger partial charge in [0.1, 0.15) is 0 Å². The van der Waals surface area contributed by atoms with Crippen LogP contribution in [-0.2, 0) is 9.47 Å². The molecule has 0 aromatic carbocycles. The van der Waals surface area contributed by atoms with E-state index in [9.17, 15) is 9.59 Å². The fraction of sp³-hybridized carbons (Fsp3) is 0.615. The first-order valence-electron chi connectivity index (χ1n) is 6.65. The first-order valence-corrected chi connectivity index (χ1v) is 6.65. The van der Waals surface area contributed by atoms with E-state index in [-0.39, 0.29) is 0 Å². The van der Waals surface area contributed by atoms with Gasteiger partial charge in [0, 0.05) is 20.3 Å². The molecule has 0 bridgehead atoms. The van der Waals surface area contributed by atoms with Crippen molar-refractivity contribution in [1.82, 2.24) is 15.4 Å². The summed E-state index contributed by atoms with van der Waals surface area (Å²) in [6.45, 7) is 0. The molecule has 0 aliphatic heterocycles. The Balaban J connectivity index is 2.99. The van der Waals surface area contributed by atoms with Crippen LogP contribution in [0, 0.1) is 0 Å². The van der Waals surface area contributed by atoms with Crippen molar-refractivity contribution in [2.75, 3.05) is 28.3 Å². The van der Waals surface area contributed by atoms with E-state index in [1.807, 2.05) is 14.1 Å². The maximum Gasteiger partial charge on any atom is 0.432 e. The van der Waals surface area contributed by atoms with Crippen molar-refractivity contribution in [3.8, 4) is 0 Å².